The van der Waals surface area contributed by atoms with Gasteiger partial charge < -0.3 is 70.5 Å². The van der Waals surface area contributed by atoms with Crippen molar-refractivity contribution in [1.29, 1.82) is 0 Å². The number of aliphatic hydroxyl groups is 3. The molecule has 25 nitrogen and oxygen atoms in total. The molecule has 0 aromatic heterocycles. The van der Waals surface area contributed by atoms with Gasteiger partial charge in [-0.15, -0.1) is 0 Å². The molecule has 25 heteroatoms. The fourth-order valence-corrected chi connectivity index (χ4v) is 14.1. The predicted molar refractivity (Wildman–Crippen MR) is 382 cm³/mol. The lowest BCUT2D eigenvalue weighted by atomic mass is 9.72. The number of hydrogen-bond acceptors (Lipinski definition) is 20. The van der Waals surface area contributed by atoms with Gasteiger partial charge in [-0.1, -0.05) is 134 Å². The molecule has 7 aromatic carbocycles. The number of benzene rings is 7. The summed E-state index contributed by atoms with van der Waals surface area (Å²) in [6.07, 6.45) is -2.80. The minimum absolute atomic E-state index is 0.0215. The van der Waals surface area contributed by atoms with Crippen LogP contribution in [0.4, 0.5) is 10.5 Å². The number of alkyl carbamates (subject to hydrolysis) is 1. The summed E-state index contributed by atoms with van der Waals surface area (Å²) in [7, 11) is 2.90. The molecule has 0 spiro atoms. The highest BCUT2D eigenvalue weighted by atomic mass is 16.7. The van der Waals surface area contributed by atoms with E-state index >= 15 is 0 Å². The number of imide groups is 1. The van der Waals surface area contributed by atoms with Crippen LogP contribution in [0.15, 0.2) is 170 Å². The average Bonchev–Trinajstić information content (AvgIpc) is 1.43. The minimum Gasteiger partial charge on any atom is -0.507 e. The van der Waals surface area contributed by atoms with Gasteiger partial charge in [-0.05, 0) is 104 Å². The lowest BCUT2D eigenvalue weighted by Crippen LogP contribution is -2.56. The molecule has 2 aliphatic heterocycles. The van der Waals surface area contributed by atoms with Gasteiger partial charge in [0.2, 0.25) is 23.5 Å². The number of Topliss-reactive ketones (excluding diaryl/α,β-unsaturated/α-hetero) is 1. The highest BCUT2D eigenvalue weighted by Crippen LogP contribution is 2.53. The number of carbonyl (C=O) groups is 9. The van der Waals surface area contributed by atoms with Crippen molar-refractivity contribution in [2.24, 2.45) is 0 Å². The van der Waals surface area contributed by atoms with E-state index in [4.69, 9.17) is 23.7 Å². The molecule has 7 aromatic rings. The Kier molecular flexibility index (Phi) is 24.1. The summed E-state index contributed by atoms with van der Waals surface area (Å²) in [6.45, 7) is 0.720. The number of rotatable bonds is 31. The Morgan fingerprint density at radius 1 is 0.676 bits per heavy atom. The van der Waals surface area contributed by atoms with Crippen molar-refractivity contribution in [2.75, 3.05) is 39.2 Å². The normalized spacial score (nSPS) is 19.5. The van der Waals surface area contributed by atoms with E-state index in [0.29, 0.717) is 55.6 Å². The first-order chi connectivity index (χ1) is 50.6. The number of carbonyl (C=O) groups excluding carboxylic acids is 9. The summed E-state index contributed by atoms with van der Waals surface area (Å²) in [4.78, 5) is 123. The van der Waals surface area contributed by atoms with E-state index in [1.165, 1.54) is 44.4 Å². The Morgan fingerprint density at radius 3 is 1.97 bits per heavy atom. The van der Waals surface area contributed by atoms with Crippen molar-refractivity contribution < 1.29 is 92.4 Å². The second-order valence-electron chi connectivity index (χ2n) is 26.5. The number of phenolic OH excluding ortho intramolecular Hbond substituents is 2. The second-order valence-corrected chi connectivity index (χ2v) is 26.5. The molecule has 10 N–H and O–H groups in total. The van der Waals surface area contributed by atoms with Crippen LogP contribution in [0.1, 0.15) is 142 Å². The first-order valence-electron chi connectivity index (χ1n) is 34.9. The molecule has 8 unspecified atom stereocenters. The molecule has 1 fully saturated rings. The molecule has 2 aliphatic carbocycles. The average molecular weight is 1430 g/mol. The van der Waals surface area contributed by atoms with E-state index in [9.17, 15) is 68.7 Å². The zero-order chi connectivity index (χ0) is 74.5. The molecule has 8 atom stereocenters. The van der Waals surface area contributed by atoms with Crippen molar-refractivity contribution in [3.05, 3.63) is 231 Å². The molecule has 11 rings (SSSR count). The van der Waals surface area contributed by atoms with Gasteiger partial charge in [0, 0.05) is 73.2 Å². The Balaban J connectivity index is 0.762. The van der Waals surface area contributed by atoms with Gasteiger partial charge in [-0.2, -0.15) is 0 Å². The number of amides is 6. The summed E-state index contributed by atoms with van der Waals surface area (Å²) < 4.78 is 28.9. The molecule has 548 valence electrons. The number of aromatic hydroxyl groups is 2. The van der Waals surface area contributed by atoms with E-state index < -0.39 is 137 Å². The molecule has 2 heterocycles. The van der Waals surface area contributed by atoms with E-state index in [1.807, 2.05) is 91.0 Å². The lowest BCUT2D eigenvalue weighted by Gasteiger charge is -2.42. The maximum Gasteiger partial charge on any atom is 0.407 e. The zero-order valence-corrected chi connectivity index (χ0v) is 58.2. The van der Waals surface area contributed by atoms with Crippen molar-refractivity contribution >= 4 is 58.7 Å². The van der Waals surface area contributed by atoms with E-state index in [2.05, 4.69) is 50.8 Å². The SMILES string of the molecule is COc1ccc(C(NCCCCC(NC(=O)C(Cc2ccccc2)NC(=O)CCCCCN2C(=O)C=CC2=O)C(=O)Nc2ccc(COC(=O)NC3CC(OC4CC(O)(C(=O)CO)Cc5c(O)c6c(c(O)c54)C(=O)c4c(OC)cccc4C6=O)OC(C)C3O)cc2)(c2ccccc2)c2ccccc2)cc1. The summed E-state index contributed by atoms with van der Waals surface area (Å²) in [5, 5.41) is 72.3. The summed E-state index contributed by atoms with van der Waals surface area (Å²) in [5.41, 5.74) is -0.770. The van der Waals surface area contributed by atoms with Gasteiger partial charge in [0.15, 0.2) is 17.9 Å². The third-order valence-electron chi connectivity index (χ3n) is 19.7. The predicted octanol–water partition coefficient (Wildman–Crippen LogP) is 7.37. The number of nitrogens with zero attached hydrogens (tertiary/aromatic N) is 1. The maximum absolute atomic E-state index is 14.7. The van der Waals surface area contributed by atoms with Crippen LogP contribution in [0.3, 0.4) is 0 Å². The van der Waals surface area contributed by atoms with Crippen LogP contribution in [0.2, 0.25) is 0 Å². The van der Waals surface area contributed by atoms with Crippen molar-refractivity contribution in [2.45, 2.75) is 138 Å². The summed E-state index contributed by atoms with van der Waals surface area (Å²) in [5.74, 6) is -5.99. The highest BCUT2D eigenvalue weighted by molar-refractivity contribution is 6.31. The number of anilines is 1. The zero-order valence-electron chi connectivity index (χ0n) is 58.2. The standard InChI is InChI=1S/C80H84N6O19/c1-47-71(92)58(42-66(104-47)105-61-44-79(100,62(88)45-87)43-56-68(61)75(96)70-69(73(56)94)72(93)55-25-18-27-60(102-3)67(55)74(70)95)85-78(99)103-46-49-29-33-53(34-30-49)82-76(97)57(84-77(98)59(41-48-19-8-4-9-20-48)83-63(89)28-14-7-17-40-86-64(90)37-38-65(86)91)26-15-16-39-81-80(50-21-10-5-11-22-50,51-23-12-6-13-24-51)52-31-35-54(101-2)36-32-52/h4-6,8-13,18-25,27,29-38,47,57-59,61,66,71,81,87,92,94,96,100H,7,14-17,26,28,39-46H2,1-3H3,(H,82,97)(H,83,89)(H,84,98)(H,85,99). The van der Waals surface area contributed by atoms with Crippen molar-refractivity contribution in [3.8, 4) is 23.0 Å². The molecule has 6 amide bonds. The van der Waals surface area contributed by atoms with Gasteiger partial charge in [0.1, 0.15) is 60.0 Å². The van der Waals surface area contributed by atoms with E-state index in [1.54, 1.807) is 31.4 Å². The first-order valence-corrected chi connectivity index (χ1v) is 34.9. The summed E-state index contributed by atoms with van der Waals surface area (Å²) >= 11 is 0. The van der Waals surface area contributed by atoms with Gasteiger partial charge in [-0.25, -0.2) is 4.79 Å². The molecule has 0 bridgehead atoms. The third kappa shape index (κ3) is 16.8. The van der Waals surface area contributed by atoms with Gasteiger partial charge in [0.25, 0.3) is 11.8 Å². The second kappa shape index (κ2) is 33.7. The quantitative estimate of drug-likeness (QED) is 0.00877. The Morgan fingerprint density at radius 2 is 1.32 bits per heavy atom. The van der Waals surface area contributed by atoms with Crippen molar-refractivity contribution in [1.82, 2.24) is 26.2 Å². The molecule has 4 aliphatic rings. The first kappa shape index (κ1) is 75.2. The van der Waals surface area contributed by atoms with Crippen LogP contribution in [0.25, 0.3) is 0 Å². The van der Waals surface area contributed by atoms with Crippen LogP contribution in [0, 0.1) is 0 Å². The maximum atomic E-state index is 14.7. The Bertz CT molecular complexity index is 4330. The monoisotopic (exact) mass is 1430 g/mol. The van der Waals surface area contributed by atoms with Crippen LogP contribution in [-0.2, 0) is 68.0 Å². The van der Waals surface area contributed by atoms with E-state index in [0.717, 1.165) is 27.2 Å². The number of unbranched alkanes of at least 4 members (excludes halogenated alkanes) is 3. The molecular weight excluding hydrogens is 1350 g/mol. The van der Waals surface area contributed by atoms with Crippen molar-refractivity contribution in [3.63, 3.8) is 0 Å². The van der Waals surface area contributed by atoms with Gasteiger partial charge in [0.05, 0.1) is 54.7 Å². The minimum atomic E-state index is -2.43. The Hall–Kier alpha value is -10.9. The highest BCUT2D eigenvalue weighted by Gasteiger charge is 2.51. The Labute approximate surface area is 605 Å². The molecule has 105 heavy (non-hydrogen) atoms. The van der Waals surface area contributed by atoms with Gasteiger partial charge >= 0.3 is 6.09 Å². The van der Waals surface area contributed by atoms with E-state index in [-0.39, 0.29) is 78.7 Å². The number of nitrogens with one attached hydrogen (secondary N) is 5. The molecule has 0 radical (unpaired) electrons. The number of aliphatic hydroxyl groups excluding tert-OH is 2. The van der Waals surface area contributed by atoms with Gasteiger partial charge in [-0.3, -0.25) is 48.6 Å². The number of fused-ring (bicyclic) bond motifs is 3. The van der Waals surface area contributed by atoms with Crippen LogP contribution >= 0.6 is 0 Å². The smallest absolute Gasteiger partial charge is 0.407 e. The number of ether oxygens (including phenoxy) is 5. The number of hydrogen-bond donors (Lipinski definition) is 10. The molecular formula is C80H84N6O19. The molecule has 1 saturated heterocycles. The summed E-state index contributed by atoms with van der Waals surface area (Å²) in [6, 6.07) is 44.4. The largest absolute Gasteiger partial charge is 0.507 e. The van der Waals surface area contributed by atoms with Crippen LogP contribution in [-0.4, -0.2) is 160 Å². The molecule has 0 saturated carbocycles. The lowest BCUT2D eigenvalue weighted by molar-refractivity contribution is -0.249. The number of methoxy groups -OCH3 is 2. The van der Waals surface area contributed by atoms with Crippen LogP contribution < -0.4 is 36.1 Å². The fourth-order valence-electron chi connectivity index (χ4n) is 14.1. The number of phenols is 2. The fraction of sp³-hybridized carbons (Fsp3) is 0.338. The van der Waals surface area contributed by atoms with Crippen LogP contribution in [0.5, 0.6) is 23.0 Å². The third-order valence-corrected chi connectivity index (χ3v) is 19.7. The topological polar surface area (TPSA) is 364 Å². The number of ketones is 3.